The Balaban J connectivity index is 2.19. The number of aliphatic carboxylic acids is 1. The first-order valence-corrected chi connectivity index (χ1v) is 7.74. The molecule has 7 nitrogen and oxygen atoms in total. The van der Waals surface area contributed by atoms with Gasteiger partial charge in [-0.05, 0) is 31.7 Å². The van der Waals surface area contributed by atoms with Crippen molar-refractivity contribution < 1.29 is 19.6 Å². The van der Waals surface area contributed by atoms with Gasteiger partial charge in [-0.1, -0.05) is 11.6 Å². The van der Waals surface area contributed by atoms with Gasteiger partial charge in [0.05, 0.1) is 15.5 Å². The molecule has 0 spiro atoms. The molecule has 1 atom stereocenters. The number of nitro benzene ring substituents is 1. The van der Waals surface area contributed by atoms with Gasteiger partial charge in [-0.2, -0.15) is 0 Å². The van der Waals surface area contributed by atoms with Crippen molar-refractivity contribution in [2.75, 3.05) is 6.54 Å². The molecule has 1 aliphatic rings. The van der Waals surface area contributed by atoms with Crippen molar-refractivity contribution in [3.8, 4) is 0 Å². The molecule has 0 aromatic heterocycles. The highest BCUT2D eigenvalue weighted by Crippen LogP contribution is 2.28. The number of amides is 1. The fourth-order valence-electron chi connectivity index (χ4n) is 2.80. The van der Waals surface area contributed by atoms with E-state index in [0.29, 0.717) is 13.0 Å². The Morgan fingerprint density at radius 3 is 2.74 bits per heavy atom. The number of benzene rings is 1. The number of carboxylic acid groups (broad SMARTS) is 1. The van der Waals surface area contributed by atoms with Crippen molar-refractivity contribution in [2.45, 2.75) is 38.1 Å². The molecule has 1 saturated heterocycles. The second-order valence-corrected chi connectivity index (χ2v) is 5.91. The Hall–Kier alpha value is -2.15. The van der Waals surface area contributed by atoms with Crippen molar-refractivity contribution in [2.24, 2.45) is 0 Å². The first-order valence-electron chi connectivity index (χ1n) is 7.37. The van der Waals surface area contributed by atoms with Gasteiger partial charge in [-0.3, -0.25) is 19.7 Å². The SMILES string of the molecule is O=C(O)CCC1CCCCN1C(=O)c1ccc([N+](=O)[O-])cc1Cl. The molecule has 1 fully saturated rings. The highest BCUT2D eigenvalue weighted by molar-refractivity contribution is 6.34. The summed E-state index contributed by atoms with van der Waals surface area (Å²) < 4.78 is 0. The number of non-ortho nitro benzene ring substituents is 1. The molecule has 1 aromatic carbocycles. The zero-order chi connectivity index (χ0) is 17.0. The van der Waals surface area contributed by atoms with Crippen LogP contribution in [0.1, 0.15) is 42.5 Å². The average molecular weight is 341 g/mol. The number of carbonyl (C=O) groups excluding carboxylic acids is 1. The first kappa shape index (κ1) is 17.2. The van der Waals surface area contributed by atoms with E-state index >= 15 is 0 Å². The van der Waals surface area contributed by atoms with Gasteiger partial charge in [-0.15, -0.1) is 0 Å². The summed E-state index contributed by atoms with van der Waals surface area (Å²) in [7, 11) is 0. The van der Waals surface area contributed by atoms with E-state index in [1.54, 1.807) is 4.90 Å². The van der Waals surface area contributed by atoms with Crippen molar-refractivity contribution in [1.82, 2.24) is 4.90 Å². The lowest BCUT2D eigenvalue weighted by Crippen LogP contribution is -2.44. The first-order chi connectivity index (χ1) is 10.9. The van der Waals surface area contributed by atoms with Crippen LogP contribution in [0.5, 0.6) is 0 Å². The molecular weight excluding hydrogens is 324 g/mol. The maximum absolute atomic E-state index is 12.7. The van der Waals surface area contributed by atoms with Crippen LogP contribution in [-0.2, 0) is 4.79 Å². The molecule has 0 aliphatic carbocycles. The van der Waals surface area contributed by atoms with Gasteiger partial charge >= 0.3 is 5.97 Å². The highest BCUT2D eigenvalue weighted by atomic mass is 35.5. The normalized spacial score (nSPS) is 17.8. The summed E-state index contributed by atoms with van der Waals surface area (Å²) in [6.07, 6.45) is 2.94. The number of nitro groups is 1. The Morgan fingerprint density at radius 2 is 2.13 bits per heavy atom. The number of carboxylic acids is 1. The topological polar surface area (TPSA) is 101 Å². The quantitative estimate of drug-likeness (QED) is 0.655. The summed E-state index contributed by atoms with van der Waals surface area (Å²) in [4.78, 5) is 35.2. The molecular formula is C15H17ClN2O5. The molecule has 1 unspecified atom stereocenters. The Morgan fingerprint density at radius 1 is 1.39 bits per heavy atom. The third kappa shape index (κ3) is 4.19. The fraction of sp³-hybridized carbons (Fsp3) is 0.467. The van der Waals surface area contributed by atoms with E-state index in [1.165, 1.54) is 12.1 Å². The van der Waals surface area contributed by atoms with Gasteiger partial charge in [0.2, 0.25) is 0 Å². The Labute approximate surface area is 138 Å². The van der Waals surface area contributed by atoms with Crippen LogP contribution in [0.4, 0.5) is 5.69 Å². The molecule has 0 bridgehead atoms. The fourth-order valence-corrected chi connectivity index (χ4v) is 3.06. The Bertz CT molecular complexity index is 634. The van der Waals surface area contributed by atoms with E-state index in [0.717, 1.165) is 25.3 Å². The van der Waals surface area contributed by atoms with Gasteiger partial charge in [0.25, 0.3) is 11.6 Å². The minimum Gasteiger partial charge on any atom is -0.481 e. The van der Waals surface area contributed by atoms with Crippen LogP contribution in [0.25, 0.3) is 0 Å². The van der Waals surface area contributed by atoms with Crippen molar-refractivity contribution in [3.05, 3.63) is 38.9 Å². The number of halogens is 1. The van der Waals surface area contributed by atoms with Crippen molar-refractivity contribution in [3.63, 3.8) is 0 Å². The molecule has 2 rings (SSSR count). The van der Waals surface area contributed by atoms with Crippen molar-refractivity contribution >= 4 is 29.2 Å². The number of likely N-dealkylation sites (tertiary alicyclic amines) is 1. The van der Waals surface area contributed by atoms with Gasteiger partial charge in [-0.25, -0.2) is 0 Å². The predicted octanol–water partition coefficient (Wildman–Crippen LogP) is 3.11. The van der Waals surface area contributed by atoms with Crippen LogP contribution in [0.15, 0.2) is 18.2 Å². The smallest absolute Gasteiger partial charge is 0.303 e. The van der Waals surface area contributed by atoms with E-state index in [-0.39, 0.29) is 34.6 Å². The molecule has 1 aromatic rings. The summed E-state index contributed by atoms with van der Waals surface area (Å²) in [5.41, 5.74) is 0.0344. The predicted molar refractivity (Wildman–Crippen MR) is 83.7 cm³/mol. The van der Waals surface area contributed by atoms with E-state index in [1.807, 2.05) is 0 Å². The lowest BCUT2D eigenvalue weighted by atomic mass is 9.97. The molecule has 1 amide bonds. The largest absolute Gasteiger partial charge is 0.481 e. The molecule has 0 saturated carbocycles. The van der Waals surface area contributed by atoms with E-state index in [4.69, 9.17) is 16.7 Å². The van der Waals surface area contributed by atoms with Gasteiger partial charge in [0, 0.05) is 31.1 Å². The molecule has 1 aliphatic heterocycles. The maximum atomic E-state index is 12.7. The molecule has 1 heterocycles. The second kappa shape index (κ2) is 7.41. The van der Waals surface area contributed by atoms with Gasteiger partial charge in [0.1, 0.15) is 0 Å². The number of rotatable bonds is 5. The van der Waals surface area contributed by atoms with E-state index < -0.39 is 10.9 Å². The van der Waals surface area contributed by atoms with Gasteiger partial charge in [0.15, 0.2) is 0 Å². The minimum absolute atomic E-state index is 0.00242. The number of piperidine rings is 1. The van der Waals surface area contributed by atoms with Crippen LogP contribution >= 0.6 is 11.6 Å². The van der Waals surface area contributed by atoms with Crippen LogP contribution in [0.3, 0.4) is 0 Å². The summed E-state index contributed by atoms with van der Waals surface area (Å²) in [5.74, 6) is -1.20. The number of nitrogens with zero attached hydrogens (tertiary/aromatic N) is 2. The van der Waals surface area contributed by atoms with Gasteiger partial charge < -0.3 is 10.0 Å². The zero-order valence-electron chi connectivity index (χ0n) is 12.4. The molecule has 1 N–H and O–H groups in total. The van der Waals surface area contributed by atoms with Crippen LogP contribution in [0, 0.1) is 10.1 Å². The maximum Gasteiger partial charge on any atom is 0.303 e. The zero-order valence-corrected chi connectivity index (χ0v) is 13.2. The molecule has 124 valence electrons. The van der Waals surface area contributed by atoms with Crippen molar-refractivity contribution in [1.29, 1.82) is 0 Å². The Kier molecular flexibility index (Phi) is 5.54. The minimum atomic E-state index is -0.892. The number of hydrogen-bond acceptors (Lipinski definition) is 4. The lowest BCUT2D eigenvalue weighted by molar-refractivity contribution is -0.384. The lowest BCUT2D eigenvalue weighted by Gasteiger charge is -2.36. The summed E-state index contributed by atoms with van der Waals surface area (Å²) >= 11 is 6.02. The van der Waals surface area contributed by atoms with Crippen LogP contribution < -0.4 is 0 Å². The average Bonchev–Trinajstić information content (AvgIpc) is 2.52. The number of hydrogen-bond donors (Lipinski definition) is 1. The van der Waals surface area contributed by atoms with E-state index in [9.17, 15) is 19.7 Å². The standard InChI is InChI=1S/C15H17ClN2O5/c16-13-9-11(18(22)23)4-6-12(13)15(21)17-8-2-1-3-10(17)5-7-14(19)20/h4,6,9-10H,1-3,5,7-8H2,(H,19,20). The second-order valence-electron chi connectivity index (χ2n) is 5.50. The van der Waals surface area contributed by atoms with E-state index in [2.05, 4.69) is 0 Å². The third-order valence-electron chi connectivity index (χ3n) is 3.97. The third-order valence-corrected chi connectivity index (χ3v) is 4.29. The number of carbonyl (C=O) groups is 2. The highest BCUT2D eigenvalue weighted by Gasteiger charge is 2.29. The summed E-state index contributed by atoms with van der Waals surface area (Å²) in [6.45, 7) is 0.538. The molecule has 0 radical (unpaired) electrons. The summed E-state index contributed by atoms with van der Waals surface area (Å²) in [6, 6.07) is 3.62. The molecule has 23 heavy (non-hydrogen) atoms. The van der Waals surface area contributed by atoms with Crippen LogP contribution in [0.2, 0.25) is 5.02 Å². The summed E-state index contributed by atoms with van der Waals surface area (Å²) in [5, 5.41) is 19.6. The monoisotopic (exact) mass is 340 g/mol. The molecule has 8 heteroatoms. The van der Waals surface area contributed by atoms with Crippen LogP contribution in [-0.4, -0.2) is 39.4 Å².